The summed E-state index contributed by atoms with van der Waals surface area (Å²) in [7, 11) is 0. The Bertz CT molecular complexity index is 534. The van der Waals surface area contributed by atoms with E-state index in [0.29, 0.717) is 5.56 Å². The Morgan fingerprint density at radius 3 is 2.52 bits per heavy atom. The molecule has 21 heavy (non-hydrogen) atoms. The number of carbonyl (C=O) groups excluding carboxylic acids is 1. The second-order valence-corrected chi connectivity index (χ2v) is 5.94. The molecule has 0 bridgehead atoms. The number of alkyl carbamates (subject to hydrolysis) is 1. The van der Waals surface area contributed by atoms with E-state index in [1.54, 1.807) is 26.8 Å². The SMILES string of the molecule is CC(C)(C)OC(=O)NCC(C)(O)c1cccc([N+](=O)[O-])c1. The van der Waals surface area contributed by atoms with Gasteiger partial charge in [0, 0.05) is 12.1 Å². The lowest BCUT2D eigenvalue weighted by Crippen LogP contribution is -2.41. The van der Waals surface area contributed by atoms with E-state index in [4.69, 9.17) is 4.74 Å². The fourth-order valence-corrected chi connectivity index (χ4v) is 1.61. The summed E-state index contributed by atoms with van der Waals surface area (Å²) in [6.07, 6.45) is -0.659. The van der Waals surface area contributed by atoms with Gasteiger partial charge in [-0.3, -0.25) is 10.1 Å². The summed E-state index contributed by atoms with van der Waals surface area (Å²) in [5.74, 6) is 0. The summed E-state index contributed by atoms with van der Waals surface area (Å²) in [6, 6.07) is 5.65. The van der Waals surface area contributed by atoms with E-state index in [1.165, 1.54) is 25.1 Å². The number of nitrogens with one attached hydrogen (secondary N) is 1. The lowest BCUT2D eigenvalue weighted by atomic mass is 9.95. The molecule has 2 N–H and O–H groups in total. The highest BCUT2D eigenvalue weighted by molar-refractivity contribution is 5.67. The quantitative estimate of drug-likeness (QED) is 0.656. The van der Waals surface area contributed by atoms with Crippen LogP contribution in [0.1, 0.15) is 33.3 Å². The first-order valence-electron chi connectivity index (χ1n) is 6.45. The number of hydrogen-bond donors (Lipinski definition) is 2. The number of carbonyl (C=O) groups is 1. The second kappa shape index (κ2) is 6.09. The largest absolute Gasteiger partial charge is 0.444 e. The van der Waals surface area contributed by atoms with Crippen molar-refractivity contribution in [1.82, 2.24) is 5.32 Å². The van der Waals surface area contributed by atoms with Crippen molar-refractivity contribution in [3.05, 3.63) is 39.9 Å². The van der Waals surface area contributed by atoms with Crippen LogP contribution in [-0.2, 0) is 10.3 Å². The molecule has 1 amide bonds. The van der Waals surface area contributed by atoms with Crippen molar-refractivity contribution < 1.29 is 19.6 Å². The third kappa shape index (κ3) is 5.39. The number of ether oxygens (including phenoxy) is 1. The van der Waals surface area contributed by atoms with Gasteiger partial charge in [0.25, 0.3) is 5.69 Å². The molecule has 7 heteroatoms. The summed E-state index contributed by atoms with van der Waals surface area (Å²) in [5.41, 5.74) is -1.86. The molecule has 0 saturated heterocycles. The van der Waals surface area contributed by atoms with Crippen LogP contribution in [0.5, 0.6) is 0 Å². The summed E-state index contributed by atoms with van der Waals surface area (Å²) in [6.45, 7) is 6.52. The fourth-order valence-electron chi connectivity index (χ4n) is 1.61. The first kappa shape index (κ1) is 16.9. The Labute approximate surface area is 123 Å². The molecule has 0 saturated carbocycles. The number of rotatable bonds is 4. The molecule has 1 rings (SSSR count). The number of hydrogen-bond acceptors (Lipinski definition) is 5. The molecule has 0 aliphatic rings. The predicted octanol–water partition coefficient (Wildman–Crippen LogP) is 2.33. The average molecular weight is 296 g/mol. The molecule has 0 fully saturated rings. The summed E-state index contributed by atoms with van der Waals surface area (Å²) < 4.78 is 5.06. The van der Waals surface area contributed by atoms with E-state index in [9.17, 15) is 20.0 Å². The Balaban J connectivity index is 2.75. The highest BCUT2D eigenvalue weighted by Gasteiger charge is 2.26. The first-order valence-corrected chi connectivity index (χ1v) is 6.45. The number of nitro groups is 1. The van der Waals surface area contributed by atoms with Gasteiger partial charge in [0.15, 0.2) is 0 Å². The van der Waals surface area contributed by atoms with E-state index < -0.39 is 22.2 Å². The summed E-state index contributed by atoms with van der Waals surface area (Å²) in [4.78, 5) is 21.8. The Kier molecular flexibility index (Phi) is 4.90. The van der Waals surface area contributed by atoms with E-state index in [2.05, 4.69) is 5.32 Å². The smallest absolute Gasteiger partial charge is 0.407 e. The van der Waals surface area contributed by atoms with Crippen molar-refractivity contribution in [3.63, 3.8) is 0 Å². The van der Waals surface area contributed by atoms with Crippen LogP contribution in [0.4, 0.5) is 10.5 Å². The highest BCUT2D eigenvalue weighted by atomic mass is 16.6. The molecule has 7 nitrogen and oxygen atoms in total. The van der Waals surface area contributed by atoms with Gasteiger partial charge < -0.3 is 15.2 Å². The van der Waals surface area contributed by atoms with Crippen molar-refractivity contribution in [2.75, 3.05) is 6.54 Å². The van der Waals surface area contributed by atoms with Crippen molar-refractivity contribution in [1.29, 1.82) is 0 Å². The highest BCUT2D eigenvalue weighted by Crippen LogP contribution is 2.24. The van der Waals surface area contributed by atoms with Crippen LogP contribution >= 0.6 is 0 Å². The molecular weight excluding hydrogens is 276 g/mol. The number of benzene rings is 1. The van der Waals surface area contributed by atoms with Gasteiger partial charge >= 0.3 is 6.09 Å². The maximum absolute atomic E-state index is 11.6. The fraction of sp³-hybridized carbons (Fsp3) is 0.500. The summed E-state index contributed by atoms with van der Waals surface area (Å²) >= 11 is 0. The maximum atomic E-state index is 11.6. The van der Waals surface area contributed by atoms with Crippen LogP contribution in [-0.4, -0.2) is 28.3 Å². The van der Waals surface area contributed by atoms with Crippen LogP contribution in [0.2, 0.25) is 0 Å². The van der Waals surface area contributed by atoms with Gasteiger partial charge in [-0.25, -0.2) is 4.79 Å². The molecular formula is C14H20N2O5. The van der Waals surface area contributed by atoms with Crippen LogP contribution in [0.15, 0.2) is 24.3 Å². The van der Waals surface area contributed by atoms with Gasteiger partial charge in [-0.2, -0.15) is 0 Å². The number of non-ortho nitro benzene ring substituents is 1. The standard InChI is InChI=1S/C14H20N2O5/c1-13(2,3)21-12(17)15-9-14(4,18)10-6-5-7-11(8-10)16(19)20/h5-8,18H,9H2,1-4H3,(H,15,17). The lowest BCUT2D eigenvalue weighted by molar-refractivity contribution is -0.385. The zero-order valence-electron chi connectivity index (χ0n) is 12.5. The molecule has 0 heterocycles. The molecule has 1 aromatic rings. The number of nitro benzene ring substituents is 1. The average Bonchev–Trinajstić information content (AvgIpc) is 2.35. The molecule has 0 aromatic heterocycles. The minimum Gasteiger partial charge on any atom is -0.444 e. The molecule has 0 aliphatic heterocycles. The van der Waals surface area contributed by atoms with Gasteiger partial charge in [0.1, 0.15) is 11.2 Å². The molecule has 1 atom stereocenters. The Morgan fingerprint density at radius 2 is 2.00 bits per heavy atom. The van der Waals surface area contributed by atoms with Crippen molar-refractivity contribution in [2.24, 2.45) is 0 Å². The van der Waals surface area contributed by atoms with Gasteiger partial charge in [0.2, 0.25) is 0 Å². The minimum atomic E-state index is -1.44. The number of nitrogens with zero attached hydrogens (tertiary/aromatic N) is 1. The zero-order chi connectivity index (χ0) is 16.3. The topological polar surface area (TPSA) is 102 Å². The molecule has 0 aliphatic carbocycles. The normalized spacial score (nSPS) is 14.1. The van der Waals surface area contributed by atoms with E-state index in [-0.39, 0.29) is 12.2 Å². The zero-order valence-corrected chi connectivity index (χ0v) is 12.5. The minimum absolute atomic E-state index is 0.120. The first-order chi connectivity index (χ1) is 9.51. The molecule has 0 radical (unpaired) electrons. The third-order valence-electron chi connectivity index (χ3n) is 2.65. The van der Waals surface area contributed by atoms with Crippen molar-refractivity contribution in [2.45, 2.75) is 38.9 Å². The van der Waals surface area contributed by atoms with Gasteiger partial charge in [-0.15, -0.1) is 0 Å². The van der Waals surface area contributed by atoms with Crippen LogP contribution in [0.25, 0.3) is 0 Å². The molecule has 0 spiro atoms. The van der Waals surface area contributed by atoms with Crippen molar-refractivity contribution in [3.8, 4) is 0 Å². The third-order valence-corrected chi connectivity index (χ3v) is 2.65. The summed E-state index contributed by atoms with van der Waals surface area (Å²) in [5, 5.41) is 23.5. The predicted molar refractivity (Wildman–Crippen MR) is 76.9 cm³/mol. The second-order valence-electron chi connectivity index (χ2n) is 5.94. The molecule has 116 valence electrons. The monoisotopic (exact) mass is 296 g/mol. The number of aliphatic hydroxyl groups is 1. The Hall–Kier alpha value is -2.15. The Morgan fingerprint density at radius 1 is 1.38 bits per heavy atom. The van der Waals surface area contributed by atoms with E-state index >= 15 is 0 Å². The molecule has 1 unspecified atom stereocenters. The van der Waals surface area contributed by atoms with E-state index in [1.807, 2.05) is 0 Å². The lowest BCUT2D eigenvalue weighted by Gasteiger charge is -2.25. The van der Waals surface area contributed by atoms with Gasteiger partial charge in [0.05, 0.1) is 11.5 Å². The van der Waals surface area contributed by atoms with Gasteiger partial charge in [-0.05, 0) is 33.3 Å². The molecule has 1 aromatic carbocycles. The van der Waals surface area contributed by atoms with Crippen LogP contribution in [0.3, 0.4) is 0 Å². The van der Waals surface area contributed by atoms with Gasteiger partial charge in [-0.1, -0.05) is 12.1 Å². The van der Waals surface area contributed by atoms with Crippen LogP contribution in [0, 0.1) is 10.1 Å². The number of amides is 1. The van der Waals surface area contributed by atoms with Crippen LogP contribution < -0.4 is 5.32 Å². The van der Waals surface area contributed by atoms with E-state index in [0.717, 1.165) is 0 Å². The maximum Gasteiger partial charge on any atom is 0.407 e. The van der Waals surface area contributed by atoms with Crippen molar-refractivity contribution >= 4 is 11.8 Å².